The van der Waals surface area contributed by atoms with Crippen molar-refractivity contribution in [1.82, 2.24) is 9.80 Å². The quantitative estimate of drug-likeness (QED) is 0.833. The standard InChI is InChI=1S/C15H29N3O.2ClH/c1-3-17(2)10-12-7-8-18(11-12)15(19)14-6-4-5-13(14)9-16;;/h12-14H,3-11,16H2,1-2H3;2*1H/t12?,13-,14-;;/m1../s1. The van der Waals surface area contributed by atoms with Gasteiger partial charge in [-0.25, -0.2) is 0 Å². The molecule has 1 heterocycles. The summed E-state index contributed by atoms with van der Waals surface area (Å²) in [7, 11) is 2.16. The van der Waals surface area contributed by atoms with Crippen molar-refractivity contribution in [2.75, 3.05) is 39.8 Å². The zero-order valence-corrected chi connectivity index (χ0v) is 14.9. The van der Waals surface area contributed by atoms with Gasteiger partial charge in [0.25, 0.3) is 0 Å². The highest BCUT2D eigenvalue weighted by Crippen LogP contribution is 2.33. The van der Waals surface area contributed by atoms with E-state index in [2.05, 4.69) is 23.8 Å². The van der Waals surface area contributed by atoms with Gasteiger partial charge >= 0.3 is 0 Å². The zero-order valence-electron chi connectivity index (χ0n) is 13.3. The molecule has 2 rings (SSSR count). The molecule has 2 fully saturated rings. The number of amides is 1. The number of rotatable bonds is 5. The van der Waals surface area contributed by atoms with Crippen molar-refractivity contribution >= 4 is 30.7 Å². The Bertz CT molecular complexity index is 317. The van der Waals surface area contributed by atoms with Gasteiger partial charge in [-0.2, -0.15) is 0 Å². The molecule has 1 saturated carbocycles. The molecular formula is C15H31Cl2N3O. The summed E-state index contributed by atoms with van der Waals surface area (Å²) in [6, 6.07) is 0. The van der Waals surface area contributed by atoms with E-state index in [1.807, 2.05) is 0 Å². The summed E-state index contributed by atoms with van der Waals surface area (Å²) in [5.74, 6) is 1.69. The molecule has 0 aromatic heterocycles. The first-order valence-corrected chi connectivity index (χ1v) is 7.83. The number of hydrogen-bond donors (Lipinski definition) is 1. The average Bonchev–Trinajstić information content (AvgIpc) is 3.06. The first kappa shape index (κ1) is 21.0. The van der Waals surface area contributed by atoms with Crippen LogP contribution >= 0.6 is 24.8 Å². The lowest BCUT2D eigenvalue weighted by atomic mass is 9.95. The minimum Gasteiger partial charge on any atom is -0.342 e. The molecule has 1 aliphatic heterocycles. The molecule has 21 heavy (non-hydrogen) atoms. The summed E-state index contributed by atoms with van der Waals surface area (Å²) < 4.78 is 0. The van der Waals surface area contributed by atoms with Gasteiger partial charge < -0.3 is 15.5 Å². The van der Waals surface area contributed by atoms with Gasteiger partial charge in [0.15, 0.2) is 0 Å². The van der Waals surface area contributed by atoms with E-state index in [9.17, 15) is 4.79 Å². The van der Waals surface area contributed by atoms with E-state index < -0.39 is 0 Å². The van der Waals surface area contributed by atoms with Crippen LogP contribution in [-0.4, -0.2) is 55.5 Å². The van der Waals surface area contributed by atoms with E-state index >= 15 is 0 Å². The Kier molecular flexibility index (Phi) is 9.87. The third kappa shape index (κ3) is 5.27. The molecule has 0 aromatic rings. The Hall–Kier alpha value is -0.0300. The van der Waals surface area contributed by atoms with E-state index in [1.54, 1.807) is 0 Å². The second kappa shape index (κ2) is 9.88. The van der Waals surface area contributed by atoms with Crippen molar-refractivity contribution in [3.05, 3.63) is 0 Å². The van der Waals surface area contributed by atoms with E-state index in [-0.39, 0.29) is 30.7 Å². The van der Waals surface area contributed by atoms with Gasteiger partial charge in [0.1, 0.15) is 0 Å². The number of carbonyl (C=O) groups excluding carboxylic acids is 1. The highest BCUT2D eigenvalue weighted by atomic mass is 35.5. The number of hydrogen-bond acceptors (Lipinski definition) is 3. The molecule has 0 spiro atoms. The lowest BCUT2D eigenvalue weighted by molar-refractivity contribution is -0.135. The molecule has 1 unspecified atom stereocenters. The minimum atomic E-state index is 0. The Balaban J connectivity index is 0.00000200. The van der Waals surface area contributed by atoms with Crippen LogP contribution in [-0.2, 0) is 4.79 Å². The molecule has 0 bridgehead atoms. The molecule has 1 aliphatic carbocycles. The first-order chi connectivity index (χ1) is 9.15. The lowest BCUT2D eigenvalue weighted by Crippen LogP contribution is -2.38. The van der Waals surface area contributed by atoms with Crippen LogP contribution in [0.4, 0.5) is 0 Å². The van der Waals surface area contributed by atoms with Crippen LogP contribution in [0, 0.1) is 17.8 Å². The molecule has 1 amide bonds. The molecule has 3 atom stereocenters. The molecule has 4 nitrogen and oxygen atoms in total. The summed E-state index contributed by atoms with van der Waals surface area (Å²) in [6.07, 6.45) is 4.53. The van der Waals surface area contributed by atoms with Crippen molar-refractivity contribution in [2.45, 2.75) is 32.6 Å². The Morgan fingerprint density at radius 2 is 2.00 bits per heavy atom. The topological polar surface area (TPSA) is 49.6 Å². The normalized spacial score (nSPS) is 28.4. The maximum absolute atomic E-state index is 12.6. The minimum absolute atomic E-state index is 0. The third-order valence-corrected chi connectivity index (χ3v) is 4.99. The van der Waals surface area contributed by atoms with E-state index in [1.165, 1.54) is 6.42 Å². The Morgan fingerprint density at radius 3 is 2.62 bits per heavy atom. The predicted molar refractivity (Wildman–Crippen MR) is 92.2 cm³/mol. The van der Waals surface area contributed by atoms with Gasteiger partial charge in [-0.1, -0.05) is 13.3 Å². The fourth-order valence-corrected chi connectivity index (χ4v) is 3.63. The zero-order chi connectivity index (χ0) is 13.8. The largest absolute Gasteiger partial charge is 0.342 e. The van der Waals surface area contributed by atoms with Crippen molar-refractivity contribution in [3.63, 3.8) is 0 Å². The summed E-state index contributed by atoms with van der Waals surface area (Å²) in [6.45, 7) is 6.97. The van der Waals surface area contributed by atoms with Gasteiger partial charge in [-0.15, -0.1) is 24.8 Å². The van der Waals surface area contributed by atoms with Crippen LogP contribution in [0.2, 0.25) is 0 Å². The summed E-state index contributed by atoms with van der Waals surface area (Å²) >= 11 is 0. The maximum Gasteiger partial charge on any atom is 0.226 e. The van der Waals surface area contributed by atoms with Crippen molar-refractivity contribution in [2.24, 2.45) is 23.5 Å². The molecule has 126 valence electrons. The Morgan fingerprint density at radius 1 is 1.29 bits per heavy atom. The molecule has 2 N–H and O–H groups in total. The summed E-state index contributed by atoms with van der Waals surface area (Å²) in [5, 5.41) is 0. The van der Waals surface area contributed by atoms with E-state index in [0.29, 0.717) is 24.3 Å². The smallest absolute Gasteiger partial charge is 0.226 e. The highest BCUT2D eigenvalue weighted by Gasteiger charge is 2.37. The third-order valence-electron chi connectivity index (χ3n) is 4.99. The average molecular weight is 340 g/mol. The fraction of sp³-hybridized carbons (Fsp3) is 0.933. The number of likely N-dealkylation sites (tertiary alicyclic amines) is 1. The van der Waals surface area contributed by atoms with Gasteiger partial charge in [-0.05, 0) is 51.2 Å². The van der Waals surface area contributed by atoms with E-state index in [4.69, 9.17) is 5.73 Å². The number of nitrogens with zero attached hydrogens (tertiary/aromatic N) is 2. The summed E-state index contributed by atoms with van der Waals surface area (Å²) in [4.78, 5) is 17.0. The number of carbonyl (C=O) groups is 1. The lowest BCUT2D eigenvalue weighted by Gasteiger charge is -2.25. The van der Waals surface area contributed by atoms with Gasteiger partial charge in [-0.3, -0.25) is 4.79 Å². The van der Waals surface area contributed by atoms with Crippen LogP contribution in [0.25, 0.3) is 0 Å². The van der Waals surface area contributed by atoms with E-state index in [0.717, 1.165) is 45.4 Å². The molecular weight excluding hydrogens is 309 g/mol. The van der Waals surface area contributed by atoms with Crippen LogP contribution in [0.3, 0.4) is 0 Å². The van der Waals surface area contributed by atoms with Crippen molar-refractivity contribution in [1.29, 1.82) is 0 Å². The SMILES string of the molecule is CCN(C)CC1CCN(C(=O)[C@@H]2CCC[C@@H]2CN)C1.Cl.Cl. The maximum atomic E-state index is 12.6. The fourth-order valence-electron chi connectivity index (χ4n) is 3.63. The van der Waals surface area contributed by atoms with Crippen LogP contribution in [0.1, 0.15) is 32.6 Å². The van der Waals surface area contributed by atoms with Crippen molar-refractivity contribution in [3.8, 4) is 0 Å². The highest BCUT2D eigenvalue weighted by molar-refractivity contribution is 5.85. The van der Waals surface area contributed by atoms with Gasteiger partial charge in [0.05, 0.1) is 0 Å². The molecule has 0 radical (unpaired) electrons. The molecule has 6 heteroatoms. The predicted octanol–water partition coefficient (Wildman–Crippen LogP) is 2.01. The van der Waals surface area contributed by atoms with Crippen molar-refractivity contribution < 1.29 is 4.79 Å². The molecule has 2 aliphatic rings. The summed E-state index contributed by atoms with van der Waals surface area (Å²) in [5.41, 5.74) is 5.79. The van der Waals surface area contributed by atoms with Crippen LogP contribution in [0.5, 0.6) is 0 Å². The first-order valence-electron chi connectivity index (χ1n) is 7.83. The number of nitrogens with two attached hydrogens (primary N) is 1. The van der Waals surface area contributed by atoms with Crippen LogP contribution < -0.4 is 5.73 Å². The molecule has 0 aromatic carbocycles. The van der Waals surface area contributed by atoms with Gasteiger partial charge in [0.2, 0.25) is 5.91 Å². The second-order valence-electron chi connectivity index (χ2n) is 6.33. The Labute approximate surface area is 141 Å². The van der Waals surface area contributed by atoms with Gasteiger partial charge in [0, 0.05) is 25.6 Å². The monoisotopic (exact) mass is 339 g/mol. The number of halogens is 2. The molecule has 1 saturated heterocycles. The second-order valence-corrected chi connectivity index (χ2v) is 6.33. The van der Waals surface area contributed by atoms with Crippen LogP contribution in [0.15, 0.2) is 0 Å².